The normalized spacial score (nSPS) is 13.4. The zero-order chi connectivity index (χ0) is 32.3. The lowest BCUT2D eigenvalue weighted by atomic mass is 9.94. The summed E-state index contributed by atoms with van der Waals surface area (Å²) in [5.74, 6) is -2.00. The minimum Gasteiger partial charge on any atom is -0.455 e. The van der Waals surface area contributed by atoms with Crippen molar-refractivity contribution in [2.24, 2.45) is 11.8 Å². The SMILES string of the molecule is C=CCCC[C@H](Cc1ccccc1)C(=O)O[C@@H](CNC(=O)[C@H](CC=C)CC(=O)N[C@@H](CO)Cc1ccccc1)c1ccccc1. The van der Waals surface area contributed by atoms with Crippen LogP contribution in [0.5, 0.6) is 0 Å². The van der Waals surface area contributed by atoms with Crippen molar-refractivity contribution in [3.05, 3.63) is 133 Å². The Hall–Kier alpha value is -4.49. The average Bonchev–Trinajstić information content (AvgIpc) is 3.06. The molecule has 45 heavy (non-hydrogen) atoms. The maximum atomic E-state index is 13.6. The first kappa shape index (κ1) is 35.0. The van der Waals surface area contributed by atoms with Crippen LogP contribution in [0.3, 0.4) is 0 Å². The van der Waals surface area contributed by atoms with E-state index in [-0.39, 0.29) is 43.3 Å². The van der Waals surface area contributed by atoms with Gasteiger partial charge in [-0.05, 0) is 55.2 Å². The van der Waals surface area contributed by atoms with Gasteiger partial charge in [-0.2, -0.15) is 0 Å². The van der Waals surface area contributed by atoms with Gasteiger partial charge < -0.3 is 20.5 Å². The number of nitrogens with one attached hydrogen (secondary N) is 2. The molecule has 0 spiro atoms. The quantitative estimate of drug-likeness (QED) is 0.0839. The van der Waals surface area contributed by atoms with E-state index >= 15 is 0 Å². The molecule has 0 heterocycles. The Morgan fingerprint density at radius 3 is 1.98 bits per heavy atom. The largest absolute Gasteiger partial charge is 0.455 e. The highest BCUT2D eigenvalue weighted by molar-refractivity contribution is 5.86. The predicted octanol–water partition coefficient (Wildman–Crippen LogP) is 5.90. The van der Waals surface area contributed by atoms with Crippen molar-refractivity contribution in [3.8, 4) is 0 Å². The minimum absolute atomic E-state index is 0.0574. The summed E-state index contributed by atoms with van der Waals surface area (Å²) in [6, 6.07) is 28.3. The van der Waals surface area contributed by atoms with Gasteiger partial charge in [-0.1, -0.05) is 103 Å². The number of rotatable bonds is 20. The molecule has 0 aromatic heterocycles. The highest BCUT2D eigenvalue weighted by Crippen LogP contribution is 2.23. The molecule has 0 saturated carbocycles. The van der Waals surface area contributed by atoms with Crippen LogP contribution in [0, 0.1) is 11.8 Å². The van der Waals surface area contributed by atoms with Crippen LogP contribution in [0.15, 0.2) is 116 Å². The first-order valence-electron chi connectivity index (χ1n) is 15.7. The lowest BCUT2D eigenvalue weighted by Gasteiger charge is -2.24. The van der Waals surface area contributed by atoms with Gasteiger partial charge in [-0.3, -0.25) is 14.4 Å². The molecule has 3 N–H and O–H groups in total. The van der Waals surface area contributed by atoms with Gasteiger partial charge >= 0.3 is 5.97 Å². The number of esters is 1. The smallest absolute Gasteiger partial charge is 0.309 e. The van der Waals surface area contributed by atoms with Crippen LogP contribution >= 0.6 is 0 Å². The number of aliphatic hydroxyl groups is 1. The van der Waals surface area contributed by atoms with Crippen molar-refractivity contribution >= 4 is 17.8 Å². The van der Waals surface area contributed by atoms with E-state index in [1.165, 1.54) is 0 Å². The highest BCUT2D eigenvalue weighted by atomic mass is 16.5. The molecular formula is C38H46N2O5. The van der Waals surface area contributed by atoms with Crippen LogP contribution in [0.1, 0.15) is 54.9 Å². The van der Waals surface area contributed by atoms with Gasteiger partial charge in [0.2, 0.25) is 11.8 Å². The molecule has 0 radical (unpaired) electrons. The molecule has 2 amide bonds. The Balaban J connectivity index is 1.66. The zero-order valence-electron chi connectivity index (χ0n) is 26.0. The summed E-state index contributed by atoms with van der Waals surface area (Å²) in [5, 5.41) is 15.6. The number of hydrogen-bond acceptors (Lipinski definition) is 5. The summed E-state index contributed by atoms with van der Waals surface area (Å²) in [4.78, 5) is 39.8. The minimum atomic E-state index is -0.705. The second-order valence-corrected chi connectivity index (χ2v) is 11.2. The molecular weight excluding hydrogens is 564 g/mol. The molecule has 0 unspecified atom stereocenters. The number of aliphatic hydroxyl groups excluding tert-OH is 1. The molecule has 7 nitrogen and oxygen atoms in total. The Labute approximate surface area is 267 Å². The third-order valence-electron chi connectivity index (χ3n) is 7.67. The summed E-state index contributed by atoms with van der Waals surface area (Å²) in [6.07, 6.45) is 6.28. The van der Waals surface area contributed by atoms with Crippen LogP contribution in [0.25, 0.3) is 0 Å². The summed E-state index contributed by atoms with van der Waals surface area (Å²) in [6.45, 7) is 7.40. The van der Waals surface area contributed by atoms with E-state index < -0.39 is 18.1 Å². The second kappa shape index (κ2) is 19.7. The lowest BCUT2D eigenvalue weighted by Crippen LogP contribution is -2.42. The number of amides is 2. The first-order chi connectivity index (χ1) is 21.9. The van der Waals surface area contributed by atoms with Crippen molar-refractivity contribution in [2.45, 2.75) is 57.1 Å². The highest BCUT2D eigenvalue weighted by Gasteiger charge is 2.27. The summed E-state index contributed by atoms with van der Waals surface area (Å²) >= 11 is 0. The van der Waals surface area contributed by atoms with Crippen molar-refractivity contribution < 1.29 is 24.2 Å². The molecule has 0 aliphatic rings. The van der Waals surface area contributed by atoms with E-state index in [1.54, 1.807) is 6.08 Å². The molecule has 238 valence electrons. The second-order valence-electron chi connectivity index (χ2n) is 11.2. The molecule has 0 aliphatic heterocycles. The molecule has 0 bridgehead atoms. The van der Waals surface area contributed by atoms with Gasteiger partial charge in [0.1, 0.15) is 6.10 Å². The fourth-order valence-electron chi connectivity index (χ4n) is 5.23. The number of unbranched alkanes of at least 4 members (excludes halogenated alkanes) is 1. The fraction of sp³-hybridized carbons (Fsp3) is 0.342. The number of benzene rings is 3. The molecule has 3 rings (SSSR count). The molecule has 4 atom stereocenters. The third kappa shape index (κ3) is 12.6. The van der Waals surface area contributed by atoms with Gasteiger partial charge in [0.05, 0.1) is 31.0 Å². The number of hydrogen-bond donors (Lipinski definition) is 3. The Morgan fingerprint density at radius 2 is 1.40 bits per heavy atom. The zero-order valence-corrected chi connectivity index (χ0v) is 26.0. The number of carbonyl (C=O) groups excluding carboxylic acids is 3. The van der Waals surface area contributed by atoms with Crippen molar-refractivity contribution in [1.29, 1.82) is 0 Å². The van der Waals surface area contributed by atoms with Crippen LogP contribution in [-0.4, -0.2) is 42.1 Å². The van der Waals surface area contributed by atoms with Gasteiger partial charge in [-0.25, -0.2) is 0 Å². The van der Waals surface area contributed by atoms with Gasteiger partial charge in [0.15, 0.2) is 0 Å². The summed E-state index contributed by atoms with van der Waals surface area (Å²) < 4.78 is 6.09. The predicted molar refractivity (Wildman–Crippen MR) is 178 cm³/mol. The van der Waals surface area contributed by atoms with Crippen LogP contribution in [0.2, 0.25) is 0 Å². The summed E-state index contributed by atoms with van der Waals surface area (Å²) in [7, 11) is 0. The topological polar surface area (TPSA) is 105 Å². The fourth-order valence-corrected chi connectivity index (χ4v) is 5.23. The molecule has 3 aromatic rings. The lowest BCUT2D eigenvalue weighted by molar-refractivity contribution is -0.155. The Morgan fingerprint density at radius 1 is 0.800 bits per heavy atom. The maximum absolute atomic E-state index is 13.6. The molecule has 0 saturated heterocycles. The van der Waals surface area contributed by atoms with E-state index in [1.807, 2.05) is 97.1 Å². The monoisotopic (exact) mass is 610 g/mol. The van der Waals surface area contributed by atoms with Crippen molar-refractivity contribution in [1.82, 2.24) is 10.6 Å². The first-order valence-corrected chi connectivity index (χ1v) is 15.7. The van der Waals surface area contributed by atoms with Gasteiger partial charge in [0, 0.05) is 6.42 Å². The Bertz CT molecular complexity index is 1330. The third-order valence-corrected chi connectivity index (χ3v) is 7.67. The van der Waals surface area contributed by atoms with E-state index in [0.29, 0.717) is 25.7 Å². The van der Waals surface area contributed by atoms with Crippen LogP contribution in [0.4, 0.5) is 0 Å². The molecule has 0 fully saturated rings. The standard InChI is InChI=1S/C38H46N2O5/c1-3-5-9-23-33(24-29-17-10-6-11-18-29)38(44)45-35(31-21-14-8-15-22-31)27-39-37(43)32(16-4-2)26-36(42)40-34(28-41)25-30-19-12-7-13-20-30/h3-4,6-8,10-15,17-22,32-35,41H,1-2,5,9,16,23-28H2,(H,39,43)(H,40,42)/t32-,33-,34-,35+/m1/s1. The molecule has 3 aromatic carbocycles. The average molecular weight is 611 g/mol. The number of allylic oxidation sites excluding steroid dienone is 2. The van der Waals surface area contributed by atoms with Crippen molar-refractivity contribution in [2.75, 3.05) is 13.2 Å². The van der Waals surface area contributed by atoms with Crippen molar-refractivity contribution in [3.63, 3.8) is 0 Å². The molecule has 7 heteroatoms. The van der Waals surface area contributed by atoms with E-state index in [0.717, 1.165) is 29.5 Å². The van der Waals surface area contributed by atoms with Gasteiger partial charge in [-0.15, -0.1) is 13.2 Å². The van der Waals surface area contributed by atoms with E-state index in [9.17, 15) is 19.5 Å². The van der Waals surface area contributed by atoms with E-state index in [4.69, 9.17) is 4.74 Å². The van der Waals surface area contributed by atoms with Crippen LogP contribution < -0.4 is 10.6 Å². The van der Waals surface area contributed by atoms with E-state index in [2.05, 4.69) is 23.8 Å². The van der Waals surface area contributed by atoms with Crippen LogP contribution in [-0.2, 0) is 32.0 Å². The maximum Gasteiger partial charge on any atom is 0.309 e. The summed E-state index contributed by atoms with van der Waals surface area (Å²) in [5.41, 5.74) is 2.81. The number of carbonyl (C=O) groups is 3. The number of ether oxygens (including phenoxy) is 1. The molecule has 0 aliphatic carbocycles. The Kier molecular flexibility index (Phi) is 15.3. The van der Waals surface area contributed by atoms with Gasteiger partial charge in [0.25, 0.3) is 0 Å².